The molecule has 3 rings (SSSR count). The summed E-state index contributed by atoms with van der Waals surface area (Å²) in [5, 5.41) is 6.07. The van der Waals surface area contributed by atoms with Crippen LogP contribution in [0.4, 0.5) is 21.9 Å². The molecule has 0 bridgehead atoms. The number of anilines is 3. The molecular formula is C18H18ClN3O2. The van der Waals surface area contributed by atoms with Crippen molar-refractivity contribution in [3.8, 4) is 0 Å². The van der Waals surface area contributed by atoms with Crippen molar-refractivity contribution in [2.45, 2.75) is 19.8 Å². The van der Waals surface area contributed by atoms with Crippen molar-refractivity contribution in [3.05, 3.63) is 53.1 Å². The van der Waals surface area contributed by atoms with E-state index in [1.807, 2.05) is 25.1 Å². The van der Waals surface area contributed by atoms with Crippen molar-refractivity contribution in [3.63, 3.8) is 0 Å². The van der Waals surface area contributed by atoms with Crippen LogP contribution < -0.4 is 15.5 Å². The molecule has 0 atom stereocenters. The smallest absolute Gasteiger partial charge is 0.312 e. The molecule has 5 nitrogen and oxygen atoms in total. The number of aryl methyl sites for hydroxylation is 1. The fourth-order valence-electron chi connectivity index (χ4n) is 2.74. The van der Waals surface area contributed by atoms with Crippen molar-refractivity contribution in [1.82, 2.24) is 0 Å². The standard InChI is InChI=1S/C18H18ClN3O2/c1-12-7-8-15(11-16(12)22-9-3-6-17(22)23)21-18(24)20-14-5-2-4-13(19)10-14/h2,4-5,7-8,10-11H,3,6,9H2,1H3,(H2,20,21,24). The summed E-state index contributed by atoms with van der Waals surface area (Å²) in [6.45, 7) is 2.68. The first kappa shape index (κ1) is 16.3. The van der Waals surface area contributed by atoms with Crippen LogP contribution in [0.3, 0.4) is 0 Å². The Morgan fingerprint density at radius 1 is 1.12 bits per heavy atom. The average Bonchev–Trinajstić information content (AvgIpc) is 2.95. The van der Waals surface area contributed by atoms with E-state index in [4.69, 9.17) is 11.6 Å². The number of benzene rings is 2. The fraction of sp³-hybridized carbons (Fsp3) is 0.222. The summed E-state index contributed by atoms with van der Waals surface area (Å²) in [4.78, 5) is 25.8. The Kier molecular flexibility index (Phi) is 4.71. The molecule has 124 valence electrons. The summed E-state index contributed by atoms with van der Waals surface area (Å²) in [6, 6.07) is 12.1. The second kappa shape index (κ2) is 6.93. The van der Waals surface area contributed by atoms with E-state index in [2.05, 4.69) is 10.6 Å². The maximum absolute atomic E-state index is 12.1. The molecule has 2 aromatic rings. The van der Waals surface area contributed by atoms with Gasteiger partial charge in [0.25, 0.3) is 0 Å². The van der Waals surface area contributed by atoms with Gasteiger partial charge in [0.2, 0.25) is 5.91 Å². The van der Waals surface area contributed by atoms with E-state index in [-0.39, 0.29) is 11.9 Å². The van der Waals surface area contributed by atoms with Gasteiger partial charge in [0.15, 0.2) is 0 Å². The highest BCUT2D eigenvalue weighted by atomic mass is 35.5. The van der Waals surface area contributed by atoms with E-state index in [0.29, 0.717) is 22.8 Å². The summed E-state index contributed by atoms with van der Waals surface area (Å²) in [6.07, 6.45) is 1.44. The topological polar surface area (TPSA) is 61.4 Å². The van der Waals surface area contributed by atoms with Gasteiger partial charge in [-0.05, 0) is 49.2 Å². The van der Waals surface area contributed by atoms with Crippen LogP contribution in [0, 0.1) is 6.92 Å². The van der Waals surface area contributed by atoms with Crippen LogP contribution in [0.5, 0.6) is 0 Å². The number of amides is 3. The lowest BCUT2D eigenvalue weighted by atomic mass is 10.1. The quantitative estimate of drug-likeness (QED) is 0.866. The number of urea groups is 1. The van der Waals surface area contributed by atoms with E-state index in [1.165, 1.54) is 0 Å². The number of carbonyl (C=O) groups excluding carboxylic acids is 2. The molecule has 1 saturated heterocycles. The van der Waals surface area contributed by atoms with E-state index in [9.17, 15) is 9.59 Å². The Balaban J connectivity index is 1.73. The summed E-state index contributed by atoms with van der Waals surface area (Å²) < 4.78 is 0. The maximum atomic E-state index is 12.1. The molecule has 1 fully saturated rings. The first-order valence-corrected chi connectivity index (χ1v) is 8.15. The van der Waals surface area contributed by atoms with Crippen molar-refractivity contribution in [2.75, 3.05) is 22.1 Å². The number of halogens is 1. The Bertz CT molecular complexity index is 792. The van der Waals surface area contributed by atoms with Crippen LogP contribution >= 0.6 is 11.6 Å². The number of nitrogens with one attached hydrogen (secondary N) is 2. The van der Waals surface area contributed by atoms with Crippen molar-refractivity contribution < 1.29 is 9.59 Å². The van der Waals surface area contributed by atoms with Crippen LogP contribution in [0.15, 0.2) is 42.5 Å². The lowest BCUT2D eigenvalue weighted by Crippen LogP contribution is -2.25. The highest BCUT2D eigenvalue weighted by Crippen LogP contribution is 2.28. The van der Waals surface area contributed by atoms with Gasteiger partial charge in [-0.25, -0.2) is 4.79 Å². The Labute approximate surface area is 145 Å². The third-order valence-corrected chi connectivity index (χ3v) is 4.15. The number of nitrogens with zero attached hydrogens (tertiary/aromatic N) is 1. The Morgan fingerprint density at radius 3 is 2.54 bits per heavy atom. The number of hydrogen-bond acceptors (Lipinski definition) is 2. The Morgan fingerprint density at radius 2 is 1.88 bits per heavy atom. The first-order valence-electron chi connectivity index (χ1n) is 7.77. The average molecular weight is 344 g/mol. The molecule has 1 aliphatic rings. The zero-order valence-corrected chi connectivity index (χ0v) is 14.1. The van der Waals surface area contributed by atoms with E-state index >= 15 is 0 Å². The number of rotatable bonds is 3. The van der Waals surface area contributed by atoms with Gasteiger partial charge in [-0.1, -0.05) is 23.7 Å². The molecule has 1 aliphatic heterocycles. The molecule has 2 aromatic carbocycles. The molecule has 0 aliphatic carbocycles. The molecule has 2 N–H and O–H groups in total. The predicted molar refractivity (Wildman–Crippen MR) is 96.9 cm³/mol. The third kappa shape index (κ3) is 3.68. The minimum atomic E-state index is -0.361. The van der Waals surface area contributed by atoms with Crippen molar-refractivity contribution in [2.24, 2.45) is 0 Å². The molecule has 6 heteroatoms. The molecule has 24 heavy (non-hydrogen) atoms. The fourth-order valence-corrected chi connectivity index (χ4v) is 2.93. The summed E-state index contributed by atoms with van der Waals surface area (Å²) >= 11 is 5.90. The number of hydrogen-bond donors (Lipinski definition) is 2. The van der Waals surface area contributed by atoms with Gasteiger partial charge in [0.05, 0.1) is 0 Å². The van der Waals surface area contributed by atoms with Gasteiger partial charge in [-0.3, -0.25) is 4.79 Å². The number of carbonyl (C=O) groups is 2. The van der Waals surface area contributed by atoms with Crippen LogP contribution in [0.1, 0.15) is 18.4 Å². The maximum Gasteiger partial charge on any atom is 0.323 e. The van der Waals surface area contributed by atoms with Gasteiger partial charge >= 0.3 is 6.03 Å². The van der Waals surface area contributed by atoms with E-state index < -0.39 is 0 Å². The van der Waals surface area contributed by atoms with Gasteiger partial charge in [0, 0.05) is 35.1 Å². The van der Waals surface area contributed by atoms with Crippen LogP contribution in [-0.4, -0.2) is 18.5 Å². The monoisotopic (exact) mass is 343 g/mol. The zero-order chi connectivity index (χ0) is 17.1. The van der Waals surface area contributed by atoms with Crippen LogP contribution in [0.25, 0.3) is 0 Å². The SMILES string of the molecule is Cc1ccc(NC(=O)Nc2cccc(Cl)c2)cc1N1CCCC1=O. The normalized spacial score (nSPS) is 13.9. The highest BCUT2D eigenvalue weighted by Gasteiger charge is 2.23. The lowest BCUT2D eigenvalue weighted by molar-refractivity contribution is -0.117. The third-order valence-electron chi connectivity index (χ3n) is 3.91. The highest BCUT2D eigenvalue weighted by molar-refractivity contribution is 6.30. The van der Waals surface area contributed by atoms with Gasteiger partial charge in [-0.2, -0.15) is 0 Å². The molecule has 1 heterocycles. The van der Waals surface area contributed by atoms with E-state index in [0.717, 1.165) is 24.2 Å². The van der Waals surface area contributed by atoms with Gasteiger partial charge < -0.3 is 15.5 Å². The largest absolute Gasteiger partial charge is 0.323 e. The van der Waals surface area contributed by atoms with Crippen molar-refractivity contribution in [1.29, 1.82) is 0 Å². The molecule has 3 amide bonds. The first-order chi connectivity index (χ1) is 11.5. The second-order valence-electron chi connectivity index (χ2n) is 5.74. The molecule has 0 radical (unpaired) electrons. The van der Waals surface area contributed by atoms with Crippen LogP contribution in [0.2, 0.25) is 5.02 Å². The molecule has 0 aromatic heterocycles. The summed E-state index contributed by atoms with van der Waals surface area (Å²) in [7, 11) is 0. The van der Waals surface area contributed by atoms with E-state index in [1.54, 1.807) is 29.2 Å². The lowest BCUT2D eigenvalue weighted by Gasteiger charge is -2.19. The molecule has 0 unspecified atom stereocenters. The predicted octanol–water partition coefficient (Wildman–Crippen LogP) is 4.42. The summed E-state index contributed by atoms with van der Waals surface area (Å²) in [5.74, 6) is 0.124. The van der Waals surface area contributed by atoms with Gasteiger partial charge in [-0.15, -0.1) is 0 Å². The summed E-state index contributed by atoms with van der Waals surface area (Å²) in [5.41, 5.74) is 3.10. The van der Waals surface area contributed by atoms with Gasteiger partial charge in [0.1, 0.15) is 0 Å². The minimum Gasteiger partial charge on any atom is -0.312 e. The molecular weight excluding hydrogens is 326 g/mol. The minimum absolute atomic E-state index is 0.124. The van der Waals surface area contributed by atoms with Crippen molar-refractivity contribution >= 4 is 40.6 Å². The molecule has 0 spiro atoms. The Hall–Kier alpha value is -2.53. The molecule has 0 saturated carbocycles. The zero-order valence-electron chi connectivity index (χ0n) is 13.3. The second-order valence-corrected chi connectivity index (χ2v) is 6.18. The van der Waals surface area contributed by atoms with Crippen LogP contribution in [-0.2, 0) is 4.79 Å².